The van der Waals surface area contributed by atoms with E-state index in [1.165, 1.54) is 28.9 Å². The lowest BCUT2D eigenvalue weighted by molar-refractivity contribution is -0.384. The van der Waals surface area contributed by atoms with Gasteiger partial charge < -0.3 is 5.32 Å². The van der Waals surface area contributed by atoms with Crippen molar-refractivity contribution in [1.82, 2.24) is 10.3 Å². The molecule has 0 radical (unpaired) electrons. The number of nitro groups is 1. The second-order valence-electron chi connectivity index (χ2n) is 6.90. The topological polar surface area (TPSA) is 108 Å². The number of hydrogen-bond donors (Lipinski definition) is 1. The molecule has 2 heterocycles. The number of hydrogen-bond acceptors (Lipinski definition) is 7. The van der Waals surface area contributed by atoms with Crippen molar-refractivity contribution in [3.63, 3.8) is 0 Å². The van der Waals surface area contributed by atoms with Crippen LogP contribution in [0.2, 0.25) is 5.02 Å². The molecule has 0 fully saturated rings. The Bertz CT molecular complexity index is 1120. The molecule has 9 nitrogen and oxygen atoms in total. The zero-order valence-electron chi connectivity index (χ0n) is 16.6. The van der Waals surface area contributed by atoms with Crippen LogP contribution in [0.4, 0.5) is 11.4 Å². The van der Waals surface area contributed by atoms with Crippen molar-refractivity contribution in [3.8, 4) is 0 Å². The molecule has 4 rings (SSSR count). The van der Waals surface area contributed by atoms with Gasteiger partial charge in [-0.25, -0.2) is 0 Å². The van der Waals surface area contributed by atoms with Crippen molar-refractivity contribution >= 4 is 51.7 Å². The third kappa shape index (κ3) is 3.51. The van der Waals surface area contributed by atoms with Gasteiger partial charge in [-0.2, -0.15) is 0 Å². The van der Waals surface area contributed by atoms with Crippen LogP contribution in [0.3, 0.4) is 0 Å². The van der Waals surface area contributed by atoms with Crippen LogP contribution in [0, 0.1) is 10.1 Å². The van der Waals surface area contributed by atoms with E-state index in [9.17, 15) is 19.7 Å². The SMILES string of the molecule is CCC(=O)N1c2ccccc2C2C(=O)NC(SC)=NN2C1c1ccc(Cl)c([N+](=O)[O-])c1. The summed E-state index contributed by atoms with van der Waals surface area (Å²) in [4.78, 5) is 38.6. The molecular weight excluding hydrogens is 442 g/mol. The molecule has 2 aliphatic rings. The highest BCUT2D eigenvalue weighted by atomic mass is 35.5. The lowest BCUT2D eigenvalue weighted by atomic mass is 9.95. The lowest BCUT2D eigenvalue weighted by Gasteiger charge is -2.48. The molecule has 0 spiro atoms. The van der Waals surface area contributed by atoms with E-state index >= 15 is 0 Å². The quantitative estimate of drug-likeness (QED) is 0.552. The van der Waals surface area contributed by atoms with Crippen molar-refractivity contribution in [2.24, 2.45) is 5.10 Å². The number of rotatable bonds is 3. The minimum atomic E-state index is -0.864. The number of nitrogens with zero attached hydrogens (tertiary/aromatic N) is 4. The summed E-state index contributed by atoms with van der Waals surface area (Å²) in [7, 11) is 0. The predicted molar refractivity (Wildman–Crippen MR) is 119 cm³/mol. The highest BCUT2D eigenvalue weighted by molar-refractivity contribution is 8.13. The zero-order valence-corrected chi connectivity index (χ0v) is 18.2. The molecule has 11 heteroatoms. The average Bonchev–Trinajstić information content (AvgIpc) is 2.77. The molecule has 1 N–H and O–H groups in total. The van der Waals surface area contributed by atoms with Gasteiger partial charge in [0.25, 0.3) is 11.6 Å². The minimum Gasteiger partial charge on any atom is -0.302 e. The number of para-hydroxylation sites is 1. The van der Waals surface area contributed by atoms with Crippen molar-refractivity contribution < 1.29 is 14.5 Å². The van der Waals surface area contributed by atoms with Gasteiger partial charge >= 0.3 is 0 Å². The maximum Gasteiger partial charge on any atom is 0.288 e. The van der Waals surface area contributed by atoms with Gasteiger partial charge in [0.05, 0.1) is 10.6 Å². The van der Waals surface area contributed by atoms with Crippen LogP contribution < -0.4 is 10.2 Å². The first-order valence-corrected chi connectivity index (χ1v) is 11.0. The minimum absolute atomic E-state index is 0.0143. The first-order valence-electron chi connectivity index (χ1n) is 9.44. The van der Waals surface area contributed by atoms with E-state index in [1.807, 2.05) is 0 Å². The summed E-state index contributed by atoms with van der Waals surface area (Å²) in [5, 5.41) is 20.7. The summed E-state index contributed by atoms with van der Waals surface area (Å²) < 4.78 is 0. The number of thioether (sulfide) groups is 1. The molecule has 31 heavy (non-hydrogen) atoms. The molecule has 2 aromatic rings. The number of benzene rings is 2. The smallest absolute Gasteiger partial charge is 0.288 e. The number of nitro benzene ring substituents is 1. The van der Waals surface area contributed by atoms with Crippen LogP contribution in [0.15, 0.2) is 47.6 Å². The largest absolute Gasteiger partial charge is 0.302 e. The fraction of sp³-hybridized carbons (Fsp3) is 0.250. The molecule has 2 aromatic carbocycles. The van der Waals surface area contributed by atoms with Gasteiger partial charge in [-0.1, -0.05) is 54.6 Å². The Balaban J connectivity index is 2.00. The van der Waals surface area contributed by atoms with Gasteiger partial charge in [-0.05, 0) is 18.4 Å². The highest BCUT2D eigenvalue weighted by Gasteiger charge is 2.47. The third-order valence-electron chi connectivity index (χ3n) is 5.16. The highest BCUT2D eigenvalue weighted by Crippen LogP contribution is 2.47. The summed E-state index contributed by atoms with van der Waals surface area (Å²) >= 11 is 7.27. The number of halogens is 1. The zero-order chi connectivity index (χ0) is 22.3. The van der Waals surface area contributed by atoms with Gasteiger partial charge in [0.2, 0.25) is 5.91 Å². The van der Waals surface area contributed by atoms with E-state index in [-0.39, 0.29) is 28.9 Å². The van der Waals surface area contributed by atoms with Crippen molar-refractivity contribution in [2.75, 3.05) is 11.2 Å². The van der Waals surface area contributed by atoms with Crippen LogP contribution in [-0.4, -0.2) is 33.2 Å². The molecule has 0 bridgehead atoms. The van der Waals surface area contributed by atoms with Crippen molar-refractivity contribution in [3.05, 3.63) is 68.7 Å². The first-order chi connectivity index (χ1) is 14.9. The van der Waals surface area contributed by atoms with E-state index in [0.717, 1.165) is 0 Å². The van der Waals surface area contributed by atoms with Gasteiger partial charge in [-0.15, -0.1) is 5.10 Å². The number of fused-ring (bicyclic) bond motifs is 3. The number of amidine groups is 1. The number of carbonyl (C=O) groups is 2. The van der Waals surface area contributed by atoms with Gasteiger partial charge in [-0.3, -0.25) is 29.6 Å². The number of carbonyl (C=O) groups excluding carboxylic acids is 2. The second-order valence-corrected chi connectivity index (χ2v) is 8.10. The van der Waals surface area contributed by atoms with Gasteiger partial charge in [0.1, 0.15) is 5.02 Å². The Morgan fingerprint density at radius 1 is 1.32 bits per heavy atom. The summed E-state index contributed by atoms with van der Waals surface area (Å²) in [5.41, 5.74) is 1.34. The Kier molecular flexibility index (Phi) is 5.59. The molecule has 2 amide bonds. The lowest BCUT2D eigenvalue weighted by Crippen LogP contribution is -2.55. The van der Waals surface area contributed by atoms with E-state index in [2.05, 4.69) is 10.4 Å². The second kappa shape index (κ2) is 8.20. The summed E-state index contributed by atoms with van der Waals surface area (Å²) in [6.45, 7) is 1.73. The van der Waals surface area contributed by atoms with Crippen LogP contribution in [0.5, 0.6) is 0 Å². The third-order valence-corrected chi connectivity index (χ3v) is 6.05. The Morgan fingerprint density at radius 3 is 2.74 bits per heavy atom. The molecule has 0 saturated carbocycles. The summed E-state index contributed by atoms with van der Waals surface area (Å²) in [6.07, 6.45) is 1.11. The van der Waals surface area contributed by atoms with E-state index in [4.69, 9.17) is 11.6 Å². The van der Waals surface area contributed by atoms with Gasteiger partial charge in [0, 0.05) is 23.6 Å². The summed E-state index contributed by atoms with van der Waals surface area (Å²) in [6, 6.07) is 10.7. The standard InChI is InChI=1S/C20H18ClN5O4S/c1-3-16(27)24-14-7-5-4-6-12(14)17-18(28)22-20(31-2)23-25(17)19(24)11-8-9-13(21)15(10-11)26(29)30/h4-10,17,19H,3H2,1-2H3,(H,22,23,28). The van der Waals surface area contributed by atoms with Crippen LogP contribution >= 0.6 is 23.4 Å². The average molecular weight is 460 g/mol. The fourth-order valence-corrected chi connectivity index (χ4v) is 4.38. The molecule has 2 aliphatic heterocycles. The Morgan fingerprint density at radius 2 is 2.06 bits per heavy atom. The van der Waals surface area contributed by atoms with Crippen molar-refractivity contribution in [2.45, 2.75) is 25.6 Å². The molecule has 0 saturated heterocycles. The predicted octanol–water partition coefficient (Wildman–Crippen LogP) is 3.81. The molecule has 160 valence electrons. The molecular formula is C20H18ClN5O4S. The normalized spacial score (nSPS) is 19.8. The Hall–Kier alpha value is -3.11. The van der Waals surface area contributed by atoms with E-state index in [0.29, 0.717) is 22.0 Å². The number of amides is 2. The van der Waals surface area contributed by atoms with Gasteiger partial charge in [0.15, 0.2) is 17.4 Å². The van der Waals surface area contributed by atoms with Crippen LogP contribution in [0.25, 0.3) is 0 Å². The van der Waals surface area contributed by atoms with Crippen LogP contribution in [-0.2, 0) is 9.59 Å². The molecule has 2 unspecified atom stereocenters. The van der Waals surface area contributed by atoms with Crippen molar-refractivity contribution in [1.29, 1.82) is 0 Å². The molecule has 2 atom stereocenters. The van der Waals surface area contributed by atoms with E-state index in [1.54, 1.807) is 48.4 Å². The Labute approximate surface area is 187 Å². The molecule has 0 aliphatic carbocycles. The number of nitrogens with one attached hydrogen (secondary N) is 1. The first kappa shape index (κ1) is 21.1. The van der Waals surface area contributed by atoms with E-state index < -0.39 is 17.1 Å². The van der Waals surface area contributed by atoms with Crippen LogP contribution in [0.1, 0.15) is 36.7 Å². The number of hydrazone groups is 1. The summed E-state index contributed by atoms with van der Waals surface area (Å²) in [5.74, 6) is -0.496. The monoisotopic (exact) mass is 459 g/mol. The maximum atomic E-state index is 13.1. The molecule has 0 aromatic heterocycles. The maximum absolute atomic E-state index is 13.1. The number of anilines is 1. The fourth-order valence-electron chi connectivity index (χ4n) is 3.81.